The molecule has 0 rings (SSSR count). The molecule has 0 spiro atoms. The predicted molar refractivity (Wildman–Crippen MR) is 47.5 cm³/mol. The molecule has 0 heterocycles. The molecule has 13 heavy (non-hydrogen) atoms. The summed E-state index contributed by atoms with van der Waals surface area (Å²) in [4.78, 5) is 11.0. The molecule has 0 N–H and O–H groups in total. The quantitative estimate of drug-likeness (QED) is 0.643. The van der Waals surface area contributed by atoms with Crippen molar-refractivity contribution in [2.75, 3.05) is 13.2 Å². The molecule has 1 amide bonds. The highest BCUT2D eigenvalue weighted by Crippen LogP contribution is 1.99. The van der Waals surface area contributed by atoms with Gasteiger partial charge < -0.3 is 9.29 Å². The van der Waals surface area contributed by atoms with Crippen molar-refractivity contribution < 1.29 is 18.3 Å². The van der Waals surface area contributed by atoms with Gasteiger partial charge in [-0.05, 0) is 12.8 Å². The zero-order valence-electron chi connectivity index (χ0n) is 7.98. The van der Waals surface area contributed by atoms with E-state index in [1.807, 2.05) is 13.8 Å². The highest BCUT2D eigenvalue weighted by atomic mass is 32.2. The van der Waals surface area contributed by atoms with Crippen LogP contribution in [0.3, 0.4) is 0 Å². The van der Waals surface area contributed by atoms with Gasteiger partial charge in [-0.3, -0.25) is 4.21 Å². The highest BCUT2D eigenvalue weighted by Gasteiger charge is 2.13. The zero-order valence-corrected chi connectivity index (χ0v) is 8.80. The van der Waals surface area contributed by atoms with E-state index in [2.05, 4.69) is 0 Å². The van der Waals surface area contributed by atoms with E-state index in [4.69, 9.17) is 4.74 Å². The van der Waals surface area contributed by atoms with Crippen molar-refractivity contribution in [2.24, 2.45) is 5.92 Å². The van der Waals surface area contributed by atoms with Gasteiger partial charge in [-0.2, -0.15) is 0 Å². The van der Waals surface area contributed by atoms with Crippen LogP contribution in [0.15, 0.2) is 0 Å². The standard InChI is InChI=1S/C7H15NO4S/c1-4-8(13(10)11)7(9)12-5-6(2)3/h6H,4-5H2,1-3H3,(H,10,11)/p-1. The summed E-state index contributed by atoms with van der Waals surface area (Å²) >= 11 is -2.54. The smallest absolute Gasteiger partial charge is 0.420 e. The average Bonchev–Trinajstić information content (AvgIpc) is 2.01. The second-order valence-electron chi connectivity index (χ2n) is 2.88. The first-order valence-electron chi connectivity index (χ1n) is 4.02. The first kappa shape index (κ1) is 12.4. The van der Waals surface area contributed by atoms with Crippen molar-refractivity contribution >= 4 is 17.4 Å². The lowest BCUT2D eigenvalue weighted by molar-refractivity contribution is 0.114. The van der Waals surface area contributed by atoms with E-state index in [-0.39, 0.29) is 19.1 Å². The number of hydrogen-bond acceptors (Lipinski definition) is 4. The molecule has 0 aliphatic carbocycles. The summed E-state index contributed by atoms with van der Waals surface area (Å²) in [5, 5.41) is 0. The van der Waals surface area contributed by atoms with Crippen LogP contribution >= 0.6 is 0 Å². The van der Waals surface area contributed by atoms with Gasteiger partial charge in [0.1, 0.15) is 0 Å². The number of amides is 1. The molecule has 0 aliphatic heterocycles. The summed E-state index contributed by atoms with van der Waals surface area (Å²) in [6, 6.07) is 0. The Balaban J connectivity index is 4.00. The van der Waals surface area contributed by atoms with E-state index in [1.54, 1.807) is 6.92 Å². The number of carbonyl (C=O) groups is 1. The molecule has 0 aromatic heterocycles. The Hall–Kier alpha value is -0.620. The minimum absolute atomic E-state index is 0.0903. The minimum atomic E-state index is -2.54. The van der Waals surface area contributed by atoms with E-state index in [0.717, 1.165) is 0 Å². The van der Waals surface area contributed by atoms with E-state index in [9.17, 15) is 13.6 Å². The topological polar surface area (TPSA) is 69.7 Å². The van der Waals surface area contributed by atoms with Gasteiger partial charge in [0.2, 0.25) is 0 Å². The van der Waals surface area contributed by atoms with Gasteiger partial charge in [0.15, 0.2) is 0 Å². The second kappa shape index (κ2) is 5.93. The van der Waals surface area contributed by atoms with Crippen LogP contribution in [0.4, 0.5) is 4.79 Å². The van der Waals surface area contributed by atoms with Crippen molar-refractivity contribution in [1.29, 1.82) is 0 Å². The maximum Gasteiger partial charge on any atom is 0.420 e. The van der Waals surface area contributed by atoms with Crippen molar-refractivity contribution in [3.05, 3.63) is 0 Å². The van der Waals surface area contributed by atoms with Crippen molar-refractivity contribution in [3.63, 3.8) is 0 Å². The summed E-state index contributed by atoms with van der Waals surface area (Å²) in [6.45, 7) is 5.63. The Morgan fingerprint density at radius 3 is 2.46 bits per heavy atom. The molecule has 78 valence electrons. The first-order valence-corrected chi connectivity index (χ1v) is 5.05. The Kier molecular flexibility index (Phi) is 5.65. The molecule has 0 aromatic rings. The fraction of sp³-hybridized carbons (Fsp3) is 0.857. The van der Waals surface area contributed by atoms with Crippen LogP contribution < -0.4 is 0 Å². The van der Waals surface area contributed by atoms with Crippen molar-refractivity contribution in [2.45, 2.75) is 20.8 Å². The summed E-state index contributed by atoms with van der Waals surface area (Å²) in [6.07, 6.45) is -0.815. The molecule has 1 atom stereocenters. The van der Waals surface area contributed by atoms with Crippen LogP contribution in [0.2, 0.25) is 0 Å². The van der Waals surface area contributed by atoms with E-state index >= 15 is 0 Å². The summed E-state index contributed by atoms with van der Waals surface area (Å²) in [7, 11) is 0. The Bertz CT molecular complexity index is 195. The molecular formula is C7H14NO4S-. The molecule has 0 fully saturated rings. The Labute approximate surface area is 80.5 Å². The maximum atomic E-state index is 11.0. The molecule has 5 nitrogen and oxygen atoms in total. The van der Waals surface area contributed by atoms with Crippen LogP contribution in [-0.4, -0.2) is 32.3 Å². The molecule has 6 heteroatoms. The summed E-state index contributed by atoms with van der Waals surface area (Å²) < 4.78 is 26.2. The van der Waals surface area contributed by atoms with Crippen LogP contribution in [0, 0.1) is 5.92 Å². The van der Waals surface area contributed by atoms with Gasteiger partial charge >= 0.3 is 6.09 Å². The van der Waals surface area contributed by atoms with Gasteiger partial charge in [0, 0.05) is 6.54 Å². The first-order chi connectivity index (χ1) is 5.99. The van der Waals surface area contributed by atoms with E-state index in [0.29, 0.717) is 4.31 Å². The number of hydrogen-bond donors (Lipinski definition) is 0. The molecular weight excluding hydrogens is 194 g/mol. The van der Waals surface area contributed by atoms with Gasteiger partial charge in [-0.25, -0.2) is 9.10 Å². The zero-order chi connectivity index (χ0) is 10.4. The molecule has 0 saturated heterocycles. The van der Waals surface area contributed by atoms with Crippen molar-refractivity contribution in [1.82, 2.24) is 4.31 Å². The predicted octanol–water partition coefficient (Wildman–Crippen LogP) is 0.895. The van der Waals surface area contributed by atoms with Gasteiger partial charge in [0.05, 0.1) is 17.9 Å². The highest BCUT2D eigenvalue weighted by molar-refractivity contribution is 7.77. The summed E-state index contributed by atoms with van der Waals surface area (Å²) in [5.41, 5.74) is 0. The van der Waals surface area contributed by atoms with E-state index in [1.165, 1.54) is 0 Å². The molecule has 0 bridgehead atoms. The second-order valence-corrected chi connectivity index (χ2v) is 3.76. The maximum absolute atomic E-state index is 11.0. The lowest BCUT2D eigenvalue weighted by Gasteiger charge is -2.22. The SMILES string of the molecule is CCN(C(=O)OCC(C)C)S(=O)[O-]. The third-order valence-corrected chi connectivity index (χ3v) is 1.98. The van der Waals surface area contributed by atoms with Crippen LogP contribution in [-0.2, 0) is 16.0 Å². The Morgan fingerprint density at radius 2 is 2.15 bits per heavy atom. The number of carbonyl (C=O) groups excluding carboxylic acids is 1. The summed E-state index contributed by atoms with van der Waals surface area (Å²) in [5.74, 6) is 0.197. The monoisotopic (exact) mass is 208 g/mol. The number of nitrogens with zero attached hydrogens (tertiary/aromatic N) is 1. The van der Waals surface area contributed by atoms with Gasteiger partial charge in [-0.15, -0.1) is 0 Å². The fourth-order valence-electron chi connectivity index (χ4n) is 0.605. The van der Waals surface area contributed by atoms with Crippen LogP contribution in [0.1, 0.15) is 20.8 Å². The molecule has 1 unspecified atom stereocenters. The number of rotatable bonds is 4. The lowest BCUT2D eigenvalue weighted by atomic mass is 10.2. The third-order valence-electron chi connectivity index (χ3n) is 1.21. The van der Waals surface area contributed by atoms with Crippen LogP contribution in [0.5, 0.6) is 0 Å². The Morgan fingerprint density at radius 1 is 1.62 bits per heavy atom. The van der Waals surface area contributed by atoms with E-state index < -0.39 is 17.4 Å². The van der Waals surface area contributed by atoms with Crippen molar-refractivity contribution in [3.8, 4) is 0 Å². The number of ether oxygens (including phenoxy) is 1. The molecule has 0 aromatic carbocycles. The average molecular weight is 208 g/mol. The van der Waals surface area contributed by atoms with Gasteiger partial charge in [0.25, 0.3) is 0 Å². The fourth-order valence-corrected chi connectivity index (χ4v) is 0.991. The normalized spacial score (nSPS) is 12.7. The van der Waals surface area contributed by atoms with Gasteiger partial charge in [-0.1, -0.05) is 13.8 Å². The largest absolute Gasteiger partial charge is 0.755 e. The third kappa shape index (κ3) is 4.84. The molecule has 0 radical (unpaired) electrons. The lowest BCUT2D eigenvalue weighted by Crippen LogP contribution is -2.33. The van der Waals surface area contributed by atoms with Crippen LogP contribution in [0.25, 0.3) is 0 Å². The minimum Gasteiger partial charge on any atom is -0.755 e. The molecule has 0 saturated carbocycles. The molecule has 0 aliphatic rings.